The summed E-state index contributed by atoms with van der Waals surface area (Å²) in [5.74, 6) is 0.311. The summed E-state index contributed by atoms with van der Waals surface area (Å²) in [5.41, 5.74) is 4.83. The van der Waals surface area contributed by atoms with Gasteiger partial charge in [-0.25, -0.2) is 14.9 Å². The van der Waals surface area contributed by atoms with Crippen LogP contribution in [0.5, 0.6) is 0 Å². The number of nitrogens with zero attached hydrogens (tertiary/aromatic N) is 1. The zero-order valence-corrected chi connectivity index (χ0v) is 17.5. The number of hydroxylamine groups is 1. The van der Waals surface area contributed by atoms with Gasteiger partial charge in [-0.05, 0) is 47.6 Å². The Bertz CT molecular complexity index is 1200. The van der Waals surface area contributed by atoms with Crippen LogP contribution >= 0.6 is 0 Å². The number of guanidine groups is 1. The van der Waals surface area contributed by atoms with E-state index in [0.29, 0.717) is 29.1 Å². The summed E-state index contributed by atoms with van der Waals surface area (Å²) in [6.07, 6.45) is 0. The van der Waals surface area contributed by atoms with Crippen LogP contribution in [0.3, 0.4) is 0 Å². The number of fused-ring (bicyclic) bond motifs is 1. The predicted molar refractivity (Wildman–Crippen MR) is 117 cm³/mol. The van der Waals surface area contributed by atoms with Crippen molar-refractivity contribution in [3.8, 4) is 11.3 Å². The van der Waals surface area contributed by atoms with E-state index in [4.69, 9.17) is 4.84 Å². The first kappa shape index (κ1) is 20.1. The lowest BCUT2D eigenvalue weighted by Crippen LogP contribution is -2.52. The van der Waals surface area contributed by atoms with E-state index in [-0.39, 0.29) is 17.3 Å². The van der Waals surface area contributed by atoms with E-state index in [0.717, 1.165) is 16.5 Å². The van der Waals surface area contributed by atoms with Gasteiger partial charge in [-0.2, -0.15) is 0 Å². The molecule has 1 aliphatic heterocycles. The molecule has 3 N–H and O–H groups in total. The Hall–Kier alpha value is -3.19. The maximum Gasteiger partial charge on any atom is 0.254 e. The molecule has 1 aliphatic rings. The van der Waals surface area contributed by atoms with E-state index < -0.39 is 5.54 Å². The number of aryl methyl sites for hydroxylation is 1. The van der Waals surface area contributed by atoms with Crippen LogP contribution in [0.1, 0.15) is 25.0 Å². The number of aromatic nitrogens is 1. The topological polar surface area (TPSA) is 78.5 Å². The van der Waals surface area contributed by atoms with Crippen molar-refractivity contribution in [2.75, 3.05) is 13.7 Å². The highest BCUT2D eigenvalue weighted by Gasteiger charge is 2.42. The number of pyridine rings is 1. The molecule has 0 aliphatic carbocycles. The summed E-state index contributed by atoms with van der Waals surface area (Å²) in [6, 6.07) is 12.4. The van der Waals surface area contributed by atoms with Crippen molar-refractivity contribution in [1.29, 1.82) is 0 Å². The molecule has 0 amide bonds. The number of aliphatic imine (C=N–C) groups is 1. The Morgan fingerprint density at radius 3 is 2.77 bits per heavy atom. The minimum absolute atomic E-state index is 0.0959. The van der Waals surface area contributed by atoms with E-state index in [1.807, 2.05) is 45.0 Å². The smallest absolute Gasteiger partial charge is 0.254 e. The standard InChI is InChI=1S/C23H25FN4O2/c1-13(2)23(12-25-22(27-23)28-30-4)18-10-14(3)20(26-21(18)29)16-9-8-15-6-5-7-19(24)17(15)11-16/h5-11,13H,12H2,1-4H3,(H,26,29)(H2,25,27,28). The van der Waals surface area contributed by atoms with Crippen molar-refractivity contribution < 1.29 is 9.23 Å². The summed E-state index contributed by atoms with van der Waals surface area (Å²) in [4.78, 5) is 25.6. The van der Waals surface area contributed by atoms with Crippen LogP contribution in [0, 0.1) is 18.7 Å². The molecule has 1 aromatic heterocycles. The maximum absolute atomic E-state index is 14.3. The fourth-order valence-corrected chi connectivity index (χ4v) is 4.09. The van der Waals surface area contributed by atoms with Gasteiger partial charge in [0.2, 0.25) is 5.96 Å². The molecule has 3 aromatic rings. The number of halogens is 1. The molecule has 2 heterocycles. The maximum atomic E-state index is 14.3. The molecule has 0 radical (unpaired) electrons. The van der Waals surface area contributed by atoms with Crippen molar-refractivity contribution in [3.63, 3.8) is 0 Å². The molecular formula is C23H25FN4O2. The average molecular weight is 408 g/mol. The van der Waals surface area contributed by atoms with Crippen LogP contribution in [0.4, 0.5) is 4.39 Å². The van der Waals surface area contributed by atoms with E-state index in [2.05, 4.69) is 20.8 Å². The van der Waals surface area contributed by atoms with E-state index >= 15 is 0 Å². The van der Waals surface area contributed by atoms with E-state index in [1.165, 1.54) is 13.2 Å². The van der Waals surface area contributed by atoms with Crippen molar-refractivity contribution in [1.82, 2.24) is 15.8 Å². The molecule has 2 aromatic carbocycles. The fraction of sp³-hybridized carbons (Fsp3) is 0.304. The highest BCUT2D eigenvalue weighted by Crippen LogP contribution is 2.33. The lowest BCUT2D eigenvalue weighted by Gasteiger charge is -2.34. The Labute approximate surface area is 174 Å². The van der Waals surface area contributed by atoms with Gasteiger partial charge in [0.15, 0.2) is 0 Å². The Balaban J connectivity index is 1.79. The second kappa shape index (κ2) is 7.57. The minimum atomic E-state index is -0.646. The summed E-state index contributed by atoms with van der Waals surface area (Å²) in [5, 5.41) is 4.67. The van der Waals surface area contributed by atoms with Crippen molar-refractivity contribution in [2.24, 2.45) is 10.9 Å². The molecule has 7 heteroatoms. The largest absolute Gasteiger partial charge is 0.343 e. The normalized spacial score (nSPS) is 18.5. The van der Waals surface area contributed by atoms with Gasteiger partial charge in [0.05, 0.1) is 24.9 Å². The SMILES string of the molecule is CONC1=NCC(c2cc(C)c(-c3ccc4cccc(F)c4c3)[nH]c2=O)(C(C)C)N1. The first-order valence-electron chi connectivity index (χ1n) is 9.90. The number of hydrogen-bond acceptors (Lipinski definition) is 5. The number of nitrogens with one attached hydrogen (secondary N) is 3. The highest BCUT2D eigenvalue weighted by molar-refractivity contribution is 5.87. The molecule has 30 heavy (non-hydrogen) atoms. The molecule has 0 saturated heterocycles. The predicted octanol–water partition coefficient (Wildman–Crippen LogP) is 3.60. The third kappa shape index (κ3) is 3.25. The Kier molecular flexibility index (Phi) is 5.07. The van der Waals surface area contributed by atoms with Crippen molar-refractivity contribution >= 4 is 16.7 Å². The zero-order valence-electron chi connectivity index (χ0n) is 17.5. The third-order valence-corrected chi connectivity index (χ3v) is 5.85. The second-order valence-corrected chi connectivity index (χ2v) is 7.97. The molecule has 156 valence electrons. The number of H-pyrrole nitrogens is 1. The van der Waals surface area contributed by atoms with Gasteiger partial charge in [-0.3, -0.25) is 9.63 Å². The first-order valence-corrected chi connectivity index (χ1v) is 9.90. The van der Waals surface area contributed by atoms with Crippen molar-refractivity contribution in [3.05, 3.63) is 69.8 Å². The molecule has 4 rings (SSSR count). The average Bonchev–Trinajstić information content (AvgIpc) is 3.15. The molecule has 0 fully saturated rings. The molecule has 1 atom stereocenters. The minimum Gasteiger partial charge on any atom is -0.343 e. The number of rotatable bonds is 4. The number of benzene rings is 2. The number of hydrogen-bond donors (Lipinski definition) is 3. The quantitative estimate of drug-likeness (QED) is 0.577. The van der Waals surface area contributed by atoms with Gasteiger partial charge in [-0.15, -0.1) is 0 Å². The molecule has 0 bridgehead atoms. The molecule has 0 saturated carbocycles. The lowest BCUT2D eigenvalue weighted by molar-refractivity contribution is 0.139. The van der Waals surface area contributed by atoms with Gasteiger partial charge >= 0.3 is 0 Å². The van der Waals surface area contributed by atoms with Crippen LogP contribution in [0.15, 0.2) is 52.3 Å². The van der Waals surface area contributed by atoms with Gasteiger partial charge < -0.3 is 10.3 Å². The van der Waals surface area contributed by atoms with Gasteiger partial charge in [-0.1, -0.05) is 38.1 Å². The van der Waals surface area contributed by atoms with Crippen LogP contribution in [-0.4, -0.2) is 24.6 Å². The Morgan fingerprint density at radius 2 is 2.03 bits per heavy atom. The molecule has 6 nitrogen and oxygen atoms in total. The number of aromatic amines is 1. The summed E-state index contributed by atoms with van der Waals surface area (Å²) < 4.78 is 14.3. The van der Waals surface area contributed by atoms with Gasteiger partial charge in [0, 0.05) is 10.9 Å². The first-order chi connectivity index (χ1) is 14.4. The van der Waals surface area contributed by atoms with Crippen molar-refractivity contribution in [2.45, 2.75) is 26.3 Å². The Morgan fingerprint density at radius 1 is 1.23 bits per heavy atom. The second-order valence-electron chi connectivity index (χ2n) is 7.97. The molecule has 0 spiro atoms. The fourth-order valence-electron chi connectivity index (χ4n) is 4.09. The zero-order chi connectivity index (χ0) is 21.5. The summed E-state index contributed by atoms with van der Waals surface area (Å²) in [7, 11) is 1.51. The lowest BCUT2D eigenvalue weighted by atomic mass is 9.80. The van der Waals surface area contributed by atoms with Crippen LogP contribution in [0.25, 0.3) is 22.0 Å². The summed E-state index contributed by atoms with van der Waals surface area (Å²) >= 11 is 0. The van der Waals surface area contributed by atoms with E-state index in [9.17, 15) is 9.18 Å². The third-order valence-electron chi connectivity index (χ3n) is 5.85. The van der Waals surface area contributed by atoms with Gasteiger partial charge in [0.1, 0.15) is 5.82 Å². The van der Waals surface area contributed by atoms with Crippen LogP contribution < -0.4 is 16.4 Å². The molecule has 1 unspecified atom stereocenters. The van der Waals surface area contributed by atoms with E-state index in [1.54, 1.807) is 12.1 Å². The highest BCUT2D eigenvalue weighted by atomic mass is 19.1. The van der Waals surface area contributed by atoms with Gasteiger partial charge in [0.25, 0.3) is 5.56 Å². The van der Waals surface area contributed by atoms with Crippen LogP contribution in [0.2, 0.25) is 0 Å². The monoisotopic (exact) mass is 408 g/mol. The summed E-state index contributed by atoms with van der Waals surface area (Å²) in [6.45, 7) is 6.46. The van der Waals surface area contributed by atoms with Crippen LogP contribution in [-0.2, 0) is 10.4 Å². The molecular weight excluding hydrogens is 383 g/mol.